The lowest BCUT2D eigenvalue weighted by molar-refractivity contribution is -0.183. The van der Waals surface area contributed by atoms with Crippen LogP contribution in [0.25, 0.3) is 0 Å². The van der Waals surface area contributed by atoms with E-state index in [1.807, 2.05) is 6.07 Å². The third-order valence-corrected chi connectivity index (χ3v) is 5.38. The van der Waals surface area contributed by atoms with Gasteiger partial charge in [-0.3, -0.25) is 0 Å². The van der Waals surface area contributed by atoms with Crippen LogP contribution in [0.4, 0.5) is 9.18 Å². The van der Waals surface area contributed by atoms with Gasteiger partial charge in [-0.2, -0.15) is 0 Å². The maximum absolute atomic E-state index is 13.8. The first-order chi connectivity index (χ1) is 11.5. The maximum atomic E-state index is 13.8. The van der Waals surface area contributed by atoms with E-state index in [2.05, 4.69) is 5.32 Å². The minimum atomic E-state index is -1.06. The summed E-state index contributed by atoms with van der Waals surface area (Å²) in [5.74, 6) is -1.30. The number of carbonyl (C=O) groups excluding carboxylic acids is 1. The molecule has 136 valence electrons. The number of carbonyl (C=O) groups is 2. The summed E-state index contributed by atoms with van der Waals surface area (Å²) in [4.78, 5) is 23.6. The van der Waals surface area contributed by atoms with Crippen molar-refractivity contribution in [3.8, 4) is 0 Å². The molecule has 3 aliphatic carbocycles. The van der Waals surface area contributed by atoms with Crippen molar-refractivity contribution in [1.29, 1.82) is 0 Å². The molecule has 0 radical (unpaired) electrons. The third kappa shape index (κ3) is 2.98. The zero-order valence-corrected chi connectivity index (χ0v) is 15.0. The first-order valence-electron chi connectivity index (χ1n) is 8.45. The lowest BCUT2D eigenvalue weighted by atomic mass is 9.31. The van der Waals surface area contributed by atoms with E-state index in [0.29, 0.717) is 24.8 Å². The molecule has 0 heterocycles. The third-order valence-electron chi connectivity index (χ3n) is 5.38. The van der Waals surface area contributed by atoms with E-state index in [0.717, 1.165) is 5.56 Å². The van der Waals surface area contributed by atoms with Crippen LogP contribution in [0.5, 0.6) is 0 Å². The van der Waals surface area contributed by atoms with E-state index < -0.39 is 29.1 Å². The largest absolute Gasteiger partial charge is 0.480 e. The topological polar surface area (TPSA) is 75.6 Å². The van der Waals surface area contributed by atoms with Crippen LogP contribution >= 0.6 is 0 Å². The molecule has 2 bridgehead atoms. The lowest BCUT2D eigenvalue weighted by Gasteiger charge is -2.72. The van der Waals surface area contributed by atoms with Gasteiger partial charge in [-0.05, 0) is 69.6 Å². The number of aliphatic carboxylic acids is 1. The number of hydrogen-bond acceptors (Lipinski definition) is 3. The monoisotopic (exact) mass is 349 g/mol. The highest BCUT2D eigenvalue weighted by Crippen LogP contribution is 2.75. The van der Waals surface area contributed by atoms with Crippen LogP contribution in [0.3, 0.4) is 0 Å². The Balaban J connectivity index is 1.70. The Morgan fingerprint density at radius 1 is 1.28 bits per heavy atom. The second-order valence-electron chi connectivity index (χ2n) is 8.55. The van der Waals surface area contributed by atoms with Crippen LogP contribution in [0, 0.1) is 18.2 Å². The summed E-state index contributed by atoms with van der Waals surface area (Å²) in [5, 5.41) is 12.1. The van der Waals surface area contributed by atoms with Crippen molar-refractivity contribution >= 4 is 12.1 Å². The predicted molar refractivity (Wildman–Crippen MR) is 89.9 cm³/mol. The zero-order chi connectivity index (χ0) is 18.6. The van der Waals surface area contributed by atoms with Gasteiger partial charge in [0.15, 0.2) is 0 Å². The van der Waals surface area contributed by atoms with Gasteiger partial charge >= 0.3 is 12.1 Å². The van der Waals surface area contributed by atoms with Crippen LogP contribution in [-0.4, -0.2) is 28.8 Å². The van der Waals surface area contributed by atoms with E-state index >= 15 is 0 Å². The predicted octanol–water partition coefficient (Wildman–Crippen LogP) is 3.53. The number of hydrogen-bond donors (Lipinski definition) is 2. The highest BCUT2D eigenvalue weighted by molar-refractivity contribution is 5.82. The maximum Gasteiger partial charge on any atom is 0.408 e. The van der Waals surface area contributed by atoms with Gasteiger partial charge in [0.2, 0.25) is 0 Å². The fourth-order valence-electron chi connectivity index (χ4n) is 4.30. The van der Waals surface area contributed by atoms with Crippen molar-refractivity contribution in [1.82, 2.24) is 5.32 Å². The molecule has 2 N–H and O–H groups in total. The van der Waals surface area contributed by atoms with E-state index in [-0.39, 0.29) is 11.2 Å². The SMILES string of the molecule is Cc1ccc(C23CC(C(NC(=O)OC(C)(C)C)C(=O)O)(C2)C3)cc1F. The van der Waals surface area contributed by atoms with Gasteiger partial charge in [0, 0.05) is 5.41 Å². The molecule has 5 nitrogen and oxygen atoms in total. The Morgan fingerprint density at radius 2 is 1.88 bits per heavy atom. The van der Waals surface area contributed by atoms with Crippen LogP contribution in [0.2, 0.25) is 0 Å². The van der Waals surface area contributed by atoms with Gasteiger partial charge < -0.3 is 15.2 Å². The molecule has 0 aliphatic heterocycles. The van der Waals surface area contributed by atoms with Gasteiger partial charge in [0.25, 0.3) is 0 Å². The zero-order valence-electron chi connectivity index (χ0n) is 15.0. The number of carboxylic acids is 1. The van der Waals surface area contributed by atoms with Crippen molar-refractivity contribution in [3.63, 3.8) is 0 Å². The average molecular weight is 349 g/mol. The number of rotatable bonds is 4. The molecule has 1 aromatic carbocycles. The fourth-order valence-corrected chi connectivity index (χ4v) is 4.30. The molecule has 6 heteroatoms. The molecular formula is C19H24FNO4. The van der Waals surface area contributed by atoms with Crippen molar-refractivity contribution in [3.05, 3.63) is 35.1 Å². The first-order valence-corrected chi connectivity index (χ1v) is 8.45. The van der Waals surface area contributed by atoms with Crippen LogP contribution in [0.15, 0.2) is 18.2 Å². The molecule has 3 saturated carbocycles. The van der Waals surface area contributed by atoms with E-state index in [1.165, 1.54) is 0 Å². The number of aryl methyl sites for hydroxylation is 1. The quantitative estimate of drug-likeness (QED) is 0.872. The van der Waals surface area contributed by atoms with Crippen molar-refractivity contribution < 1.29 is 23.8 Å². The normalized spacial score (nSPS) is 28.4. The van der Waals surface area contributed by atoms with Gasteiger partial charge in [-0.15, -0.1) is 0 Å². The number of carboxylic acid groups (broad SMARTS) is 1. The molecule has 1 atom stereocenters. The lowest BCUT2D eigenvalue weighted by Crippen LogP contribution is -2.73. The summed E-state index contributed by atoms with van der Waals surface area (Å²) < 4.78 is 19.0. The number of alkyl carbamates (subject to hydrolysis) is 1. The van der Waals surface area contributed by atoms with Crippen molar-refractivity contribution in [2.24, 2.45) is 5.41 Å². The Bertz CT molecular complexity index is 718. The summed E-state index contributed by atoms with van der Waals surface area (Å²) in [6.45, 7) is 6.90. The smallest absolute Gasteiger partial charge is 0.408 e. The fraction of sp³-hybridized carbons (Fsp3) is 0.579. The molecular weight excluding hydrogens is 325 g/mol. The summed E-state index contributed by atoms with van der Waals surface area (Å²) in [5.41, 5.74) is 0.203. The molecule has 0 aromatic heterocycles. The molecule has 4 rings (SSSR count). The number of benzene rings is 1. The second-order valence-corrected chi connectivity index (χ2v) is 8.55. The molecule has 3 fully saturated rings. The molecule has 1 amide bonds. The highest BCUT2D eigenvalue weighted by atomic mass is 19.1. The van der Waals surface area contributed by atoms with Gasteiger partial charge in [0.1, 0.15) is 17.5 Å². The standard InChI is InChI=1S/C19H24FNO4/c1-11-5-6-12(7-13(11)20)18-8-19(9-18,10-18)14(15(22)23)21-16(24)25-17(2,3)4/h5-7,14H,8-10H2,1-4H3,(H,21,24)(H,22,23). The summed E-state index contributed by atoms with van der Waals surface area (Å²) in [6.07, 6.45) is 1.18. The van der Waals surface area contributed by atoms with Gasteiger partial charge in [-0.25, -0.2) is 14.0 Å². The van der Waals surface area contributed by atoms with Crippen LogP contribution in [-0.2, 0) is 14.9 Å². The summed E-state index contributed by atoms with van der Waals surface area (Å²) >= 11 is 0. The number of nitrogens with one attached hydrogen (secondary N) is 1. The summed E-state index contributed by atoms with van der Waals surface area (Å²) in [6, 6.07) is 4.24. The van der Waals surface area contributed by atoms with E-state index in [9.17, 15) is 19.1 Å². The molecule has 3 aliphatic rings. The Kier molecular flexibility index (Phi) is 3.86. The Labute approximate surface area is 146 Å². The average Bonchev–Trinajstić information content (AvgIpc) is 2.36. The van der Waals surface area contributed by atoms with Gasteiger partial charge in [-0.1, -0.05) is 12.1 Å². The highest BCUT2D eigenvalue weighted by Gasteiger charge is 2.72. The van der Waals surface area contributed by atoms with Crippen molar-refractivity contribution in [2.75, 3.05) is 0 Å². The van der Waals surface area contributed by atoms with Gasteiger partial charge in [0.05, 0.1) is 0 Å². The molecule has 0 spiro atoms. The first kappa shape index (κ1) is 17.7. The number of ether oxygens (including phenoxy) is 1. The number of halogens is 1. The molecule has 25 heavy (non-hydrogen) atoms. The minimum absolute atomic E-state index is 0.155. The summed E-state index contributed by atoms with van der Waals surface area (Å²) in [7, 11) is 0. The Morgan fingerprint density at radius 3 is 2.36 bits per heavy atom. The molecule has 1 unspecified atom stereocenters. The van der Waals surface area contributed by atoms with Crippen LogP contribution in [0.1, 0.15) is 51.2 Å². The van der Waals surface area contributed by atoms with E-state index in [4.69, 9.17) is 4.74 Å². The van der Waals surface area contributed by atoms with E-state index in [1.54, 1.807) is 39.8 Å². The second kappa shape index (κ2) is 5.44. The number of amides is 1. The Hall–Kier alpha value is -2.11. The molecule has 0 saturated heterocycles. The van der Waals surface area contributed by atoms with Crippen LogP contribution < -0.4 is 5.32 Å². The van der Waals surface area contributed by atoms with Crippen molar-refractivity contribution in [2.45, 2.75) is 64.0 Å². The molecule has 1 aromatic rings. The minimum Gasteiger partial charge on any atom is -0.480 e.